The normalized spacial score (nSPS) is 23.1. The highest BCUT2D eigenvalue weighted by atomic mass is 32.1. The highest BCUT2D eigenvalue weighted by molar-refractivity contribution is 7.07. The zero-order valence-corrected chi connectivity index (χ0v) is 12.9. The van der Waals surface area contributed by atoms with E-state index < -0.39 is 0 Å². The predicted octanol–water partition coefficient (Wildman–Crippen LogP) is 3.49. The number of nitrogens with zero attached hydrogens (tertiary/aromatic N) is 1. The molecule has 1 aromatic rings. The molecule has 0 saturated carbocycles. The van der Waals surface area contributed by atoms with Crippen molar-refractivity contribution in [3.05, 3.63) is 22.4 Å². The number of hydrogen-bond acceptors (Lipinski definition) is 3. The van der Waals surface area contributed by atoms with Gasteiger partial charge in [-0.25, -0.2) is 0 Å². The Bertz CT molecular complexity index is 366. The summed E-state index contributed by atoms with van der Waals surface area (Å²) in [7, 11) is 0. The summed E-state index contributed by atoms with van der Waals surface area (Å²) >= 11 is 1.80. The molecule has 1 N–H and O–H groups in total. The molecule has 0 amide bonds. The van der Waals surface area contributed by atoms with Crippen molar-refractivity contribution in [2.24, 2.45) is 0 Å². The molecule has 0 spiro atoms. The Morgan fingerprint density at radius 3 is 2.61 bits per heavy atom. The van der Waals surface area contributed by atoms with Gasteiger partial charge >= 0.3 is 0 Å². The number of rotatable bonds is 4. The molecule has 1 fully saturated rings. The average Bonchev–Trinajstić information content (AvgIpc) is 2.85. The maximum Gasteiger partial charge on any atom is 0.0304 e. The first-order chi connectivity index (χ1) is 8.51. The van der Waals surface area contributed by atoms with E-state index in [1.54, 1.807) is 11.3 Å². The van der Waals surface area contributed by atoms with Crippen LogP contribution in [0, 0.1) is 0 Å². The molecule has 0 radical (unpaired) electrons. The van der Waals surface area contributed by atoms with Gasteiger partial charge in [0.15, 0.2) is 0 Å². The first-order valence-corrected chi connectivity index (χ1v) is 7.97. The molecule has 2 rings (SSSR count). The van der Waals surface area contributed by atoms with E-state index in [2.05, 4.69) is 54.7 Å². The van der Waals surface area contributed by atoms with Gasteiger partial charge in [0.2, 0.25) is 0 Å². The molecule has 1 aliphatic rings. The molecule has 2 nitrogen and oxygen atoms in total. The van der Waals surface area contributed by atoms with Gasteiger partial charge in [0.05, 0.1) is 0 Å². The molecule has 1 aliphatic heterocycles. The third kappa shape index (κ3) is 2.79. The smallest absolute Gasteiger partial charge is 0.0304 e. The summed E-state index contributed by atoms with van der Waals surface area (Å²) in [5, 5.41) is 8.25. The molecular formula is C15H26N2S. The number of nitrogens with one attached hydrogen (secondary N) is 1. The Hall–Kier alpha value is -0.380. The Balaban J connectivity index is 2.13. The average molecular weight is 266 g/mol. The highest BCUT2D eigenvalue weighted by Gasteiger charge is 2.40. The van der Waals surface area contributed by atoms with Crippen LogP contribution < -0.4 is 5.32 Å². The van der Waals surface area contributed by atoms with E-state index in [9.17, 15) is 0 Å². The summed E-state index contributed by atoms with van der Waals surface area (Å²) in [5.74, 6) is 0. The molecule has 0 aromatic carbocycles. The number of thiophene rings is 1. The Morgan fingerprint density at radius 1 is 1.33 bits per heavy atom. The quantitative estimate of drug-likeness (QED) is 0.897. The first kappa shape index (κ1) is 14.0. The van der Waals surface area contributed by atoms with Crippen molar-refractivity contribution >= 4 is 11.3 Å². The molecule has 0 atom stereocenters. The van der Waals surface area contributed by atoms with Gasteiger partial charge in [-0.2, -0.15) is 11.3 Å². The van der Waals surface area contributed by atoms with Crippen molar-refractivity contribution in [2.45, 2.75) is 58.2 Å². The Kier molecular flexibility index (Phi) is 4.15. The Morgan fingerprint density at radius 2 is 2.06 bits per heavy atom. The fourth-order valence-corrected chi connectivity index (χ4v) is 3.41. The molecule has 2 heterocycles. The molecule has 0 aliphatic carbocycles. The van der Waals surface area contributed by atoms with E-state index in [4.69, 9.17) is 0 Å². The van der Waals surface area contributed by atoms with Crippen molar-refractivity contribution < 1.29 is 0 Å². The maximum absolute atomic E-state index is 3.79. The van der Waals surface area contributed by atoms with Gasteiger partial charge in [-0.3, -0.25) is 4.90 Å². The second-order valence-corrected chi connectivity index (χ2v) is 6.92. The van der Waals surface area contributed by atoms with Crippen LogP contribution in [0.4, 0.5) is 0 Å². The maximum atomic E-state index is 3.79. The van der Waals surface area contributed by atoms with Crippen LogP contribution in [0.15, 0.2) is 16.8 Å². The molecule has 18 heavy (non-hydrogen) atoms. The monoisotopic (exact) mass is 266 g/mol. The van der Waals surface area contributed by atoms with Gasteiger partial charge in [0.1, 0.15) is 0 Å². The van der Waals surface area contributed by atoms with E-state index in [1.165, 1.54) is 18.4 Å². The van der Waals surface area contributed by atoms with E-state index >= 15 is 0 Å². The van der Waals surface area contributed by atoms with Crippen molar-refractivity contribution in [1.29, 1.82) is 0 Å². The first-order valence-electron chi connectivity index (χ1n) is 7.02. The second kappa shape index (κ2) is 5.32. The Labute approximate surface area is 115 Å². The molecule has 3 heteroatoms. The summed E-state index contributed by atoms with van der Waals surface area (Å²) < 4.78 is 0. The van der Waals surface area contributed by atoms with E-state index in [1.807, 2.05) is 0 Å². The molecular weight excluding hydrogens is 240 g/mol. The zero-order valence-electron chi connectivity index (χ0n) is 12.1. The third-order valence-electron chi connectivity index (χ3n) is 4.55. The van der Waals surface area contributed by atoms with Crippen molar-refractivity contribution in [1.82, 2.24) is 10.2 Å². The molecule has 102 valence electrons. The van der Waals surface area contributed by atoms with Crippen LogP contribution in [0.1, 0.15) is 46.1 Å². The standard InChI is InChI=1S/C15H26N2S/c1-5-15(6-2)12-17(14(3,4)11-16-15)9-13-7-8-18-10-13/h7-8,10,16H,5-6,9,11-12H2,1-4H3. The van der Waals surface area contributed by atoms with Gasteiger partial charge in [0, 0.05) is 30.7 Å². The lowest BCUT2D eigenvalue weighted by molar-refractivity contribution is 0.0162. The van der Waals surface area contributed by atoms with Crippen molar-refractivity contribution in [2.75, 3.05) is 13.1 Å². The second-order valence-electron chi connectivity index (χ2n) is 6.14. The summed E-state index contributed by atoms with van der Waals surface area (Å²) in [6, 6.07) is 2.25. The van der Waals surface area contributed by atoms with Crippen LogP contribution in [-0.2, 0) is 6.54 Å². The SMILES string of the molecule is CCC1(CC)CN(Cc2ccsc2)C(C)(C)CN1. The van der Waals surface area contributed by atoms with Gasteiger partial charge in [0.25, 0.3) is 0 Å². The van der Waals surface area contributed by atoms with E-state index in [-0.39, 0.29) is 5.54 Å². The molecule has 1 aromatic heterocycles. The minimum absolute atomic E-state index is 0.246. The fourth-order valence-electron chi connectivity index (χ4n) is 2.75. The van der Waals surface area contributed by atoms with Gasteiger partial charge in [-0.05, 0) is 49.1 Å². The highest BCUT2D eigenvalue weighted by Crippen LogP contribution is 2.29. The zero-order chi connectivity index (χ0) is 13.2. The summed E-state index contributed by atoms with van der Waals surface area (Å²) in [5.41, 5.74) is 2.01. The van der Waals surface area contributed by atoms with Crippen molar-refractivity contribution in [3.8, 4) is 0 Å². The summed E-state index contributed by atoms with van der Waals surface area (Å²) in [4.78, 5) is 2.65. The predicted molar refractivity (Wildman–Crippen MR) is 80.1 cm³/mol. The van der Waals surface area contributed by atoms with Crippen LogP contribution in [0.25, 0.3) is 0 Å². The molecule has 0 unspecified atom stereocenters. The molecule has 1 saturated heterocycles. The molecule has 0 bridgehead atoms. The van der Waals surface area contributed by atoms with Crippen LogP contribution >= 0.6 is 11.3 Å². The third-order valence-corrected chi connectivity index (χ3v) is 5.28. The summed E-state index contributed by atoms with van der Waals surface area (Å²) in [6.45, 7) is 12.6. The van der Waals surface area contributed by atoms with Crippen LogP contribution in [0.2, 0.25) is 0 Å². The van der Waals surface area contributed by atoms with Crippen LogP contribution in [0.5, 0.6) is 0 Å². The number of hydrogen-bond donors (Lipinski definition) is 1. The van der Waals surface area contributed by atoms with E-state index in [0.717, 1.165) is 19.6 Å². The van der Waals surface area contributed by atoms with Crippen LogP contribution in [0.3, 0.4) is 0 Å². The van der Waals surface area contributed by atoms with Gasteiger partial charge in [-0.1, -0.05) is 13.8 Å². The number of piperazine rings is 1. The van der Waals surface area contributed by atoms with Crippen LogP contribution in [-0.4, -0.2) is 29.1 Å². The largest absolute Gasteiger partial charge is 0.308 e. The topological polar surface area (TPSA) is 15.3 Å². The lowest BCUT2D eigenvalue weighted by atomic mass is 9.85. The lowest BCUT2D eigenvalue weighted by Crippen LogP contribution is -2.67. The van der Waals surface area contributed by atoms with Crippen molar-refractivity contribution in [3.63, 3.8) is 0 Å². The minimum atomic E-state index is 0.246. The summed E-state index contributed by atoms with van der Waals surface area (Å²) in [6.07, 6.45) is 2.42. The van der Waals surface area contributed by atoms with Gasteiger partial charge < -0.3 is 5.32 Å². The minimum Gasteiger partial charge on any atom is -0.308 e. The fraction of sp³-hybridized carbons (Fsp3) is 0.733. The van der Waals surface area contributed by atoms with Gasteiger partial charge in [-0.15, -0.1) is 0 Å². The lowest BCUT2D eigenvalue weighted by Gasteiger charge is -2.52. The van der Waals surface area contributed by atoms with E-state index in [0.29, 0.717) is 5.54 Å².